The van der Waals surface area contributed by atoms with Gasteiger partial charge in [-0.15, -0.1) is 0 Å². The van der Waals surface area contributed by atoms with Gasteiger partial charge in [0, 0.05) is 32.2 Å². The smallest absolute Gasteiger partial charge is 0.224 e. The van der Waals surface area contributed by atoms with Crippen LogP contribution in [0.25, 0.3) is 0 Å². The third kappa shape index (κ3) is 3.95. The molecule has 104 valence electrons. The number of carbonyl (C=O) groups is 1. The maximum Gasteiger partial charge on any atom is 0.224 e. The third-order valence-corrected chi connectivity index (χ3v) is 3.97. The van der Waals surface area contributed by atoms with Crippen molar-refractivity contribution >= 4 is 5.91 Å². The van der Waals surface area contributed by atoms with Crippen molar-refractivity contribution in [3.63, 3.8) is 0 Å². The van der Waals surface area contributed by atoms with Gasteiger partial charge in [0.1, 0.15) is 0 Å². The summed E-state index contributed by atoms with van der Waals surface area (Å²) in [4.78, 5) is 14.2. The number of carbonyl (C=O) groups excluding carboxylic acids is 1. The van der Waals surface area contributed by atoms with Gasteiger partial charge >= 0.3 is 0 Å². The standard InChI is InChI=1S/C14H26N2O2/c1-2-18-13-7-5-9-16(11-13)14(17)10-12-6-3-4-8-15-12/h12-13,15H,2-11H2,1H3. The topological polar surface area (TPSA) is 41.6 Å². The SMILES string of the molecule is CCOC1CCCN(C(=O)CC2CCCCN2)C1. The Kier molecular flexibility index (Phi) is 5.45. The summed E-state index contributed by atoms with van der Waals surface area (Å²) in [6.07, 6.45) is 6.75. The monoisotopic (exact) mass is 254 g/mol. The van der Waals surface area contributed by atoms with E-state index in [2.05, 4.69) is 5.32 Å². The maximum atomic E-state index is 12.2. The van der Waals surface area contributed by atoms with Crippen LogP contribution < -0.4 is 5.32 Å². The zero-order valence-electron chi connectivity index (χ0n) is 11.5. The zero-order valence-corrected chi connectivity index (χ0v) is 11.5. The summed E-state index contributed by atoms with van der Waals surface area (Å²) in [6.45, 7) is 5.54. The lowest BCUT2D eigenvalue weighted by Crippen LogP contribution is -2.46. The van der Waals surface area contributed by atoms with Gasteiger partial charge in [-0.05, 0) is 39.2 Å². The molecule has 2 unspecified atom stereocenters. The zero-order chi connectivity index (χ0) is 12.8. The highest BCUT2D eigenvalue weighted by Crippen LogP contribution is 2.16. The first-order chi connectivity index (χ1) is 8.79. The molecule has 0 aromatic heterocycles. The largest absolute Gasteiger partial charge is 0.377 e. The fourth-order valence-corrected chi connectivity index (χ4v) is 2.97. The van der Waals surface area contributed by atoms with Crippen molar-refractivity contribution in [3.8, 4) is 0 Å². The summed E-state index contributed by atoms with van der Waals surface area (Å²) in [7, 11) is 0. The Balaban J connectivity index is 1.76. The lowest BCUT2D eigenvalue weighted by molar-refractivity contribution is -0.135. The molecule has 2 heterocycles. The highest BCUT2D eigenvalue weighted by molar-refractivity contribution is 5.77. The molecule has 0 aromatic carbocycles. The van der Waals surface area contributed by atoms with Crippen LogP contribution in [-0.4, -0.2) is 49.2 Å². The fraction of sp³-hybridized carbons (Fsp3) is 0.929. The second kappa shape index (κ2) is 7.10. The van der Waals surface area contributed by atoms with Gasteiger partial charge in [-0.3, -0.25) is 4.79 Å². The first kappa shape index (κ1) is 13.8. The highest BCUT2D eigenvalue weighted by Gasteiger charge is 2.26. The van der Waals surface area contributed by atoms with Crippen molar-refractivity contribution in [3.05, 3.63) is 0 Å². The van der Waals surface area contributed by atoms with Crippen molar-refractivity contribution in [2.24, 2.45) is 0 Å². The van der Waals surface area contributed by atoms with E-state index in [0.29, 0.717) is 18.4 Å². The van der Waals surface area contributed by atoms with Gasteiger partial charge in [-0.2, -0.15) is 0 Å². The van der Waals surface area contributed by atoms with E-state index in [1.54, 1.807) is 0 Å². The van der Waals surface area contributed by atoms with Gasteiger partial charge in [0.15, 0.2) is 0 Å². The predicted molar refractivity (Wildman–Crippen MR) is 71.5 cm³/mol. The van der Waals surface area contributed by atoms with Crippen LogP contribution in [0.5, 0.6) is 0 Å². The number of likely N-dealkylation sites (tertiary alicyclic amines) is 1. The van der Waals surface area contributed by atoms with Crippen LogP contribution in [0.15, 0.2) is 0 Å². The summed E-state index contributed by atoms with van der Waals surface area (Å²) in [5.41, 5.74) is 0. The molecule has 18 heavy (non-hydrogen) atoms. The van der Waals surface area contributed by atoms with Crippen LogP contribution in [0.2, 0.25) is 0 Å². The maximum absolute atomic E-state index is 12.2. The summed E-state index contributed by atoms with van der Waals surface area (Å²) in [5.74, 6) is 0.304. The quantitative estimate of drug-likeness (QED) is 0.827. The molecule has 2 aliphatic heterocycles. The van der Waals surface area contributed by atoms with Crippen LogP contribution in [0, 0.1) is 0 Å². The van der Waals surface area contributed by atoms with Crippen molar-refractivity contribution in [2.45, 2.75) is 57.6 Å². The van der Waals surface area contributed by atoms with Crippen LogP contribution in [0.1, 0.15) is 45.4 Å². The van der Waals surface area contributed by atoms with Crippen molar-refractivity contribution in [2.75, 3.05) is 26.2 Å². The molecule has 0 aromatic rings. The van der Waals surface area contributed by atoms with Gasteiger partial charge in [0.05, 0.1) is 6.10 Å². The van der Waals surface area contributed by atoms with Crippen LogP contribution in [-0.2, 0) is 9.53 Å². The molecular formula is C14H26N2O2. The van der Waals surface area contributed by atoms with E-state index in [1.807, 2.05) is 11.8 Å². The number of nitrogens with one attached hydrogen (secondary N) is 1. The summed E-state index contributed by atoms with van der Waals surface area (Å²) >= 11 is 0. The van der Waals surface area contributed by atoms with E-state index in [9.17, 15) is 4.79 Å². The van der Waals surface area contributed by atoms with E-state index < -0.39 is 0 Å². The molecule has 4 heteroatoms. The van der Waals surface area contributed by atoms with Crippen LogP contribution in [0.3, 0.4) is 0 Å². The number of hydrogen-bond acceptors (Lipinski definition) is 3. The lowest BCUT2D eigenvalue weighted by Gasteiger charge is -2.34. The lowest BCUT2D eigenvalue weighted by atomic mass is 10.0. The number of hydrogen-bond donors (Lipinski definition) is 1. The first-order valence-corrected chi connectivity index (χ1v) is 7.42. The van der Waals surface area contributed by atoms with Gasteiger partial charge in [-0.25, -0.2) is 0 Å². The minimum Gasteiger partial charge on any atom is -0.377 e. The molecule has 2 saturated heterocycles. The fourth-order valence-electron chi connectivity index (χ4n) is 2.97. The van der Waals surface area contributed by atoms with E-state index >= 15 is 0 Å². The second-order valence-electron chi connectivity index (χ2n) is 5.41. The van der Waals surface area contributed by atoms with Gasteiger partial charge in [0.25, 0.3) is 0 Å². The molecule has 4 nitrogen and oxygen atoms in total. The molecule has 0 saturated carbocycles. The number of rotatable bonds is 4. The van der Waals surface area contributed by atoms with Crippen molar-refractivity contribution in [1.82, 2.24) is 10.2 Å². The molecule has 0 bridgehead atoms. The molecule has 1 N–H and O–H groups in total. The summed E-state index contributed by atoms with van der Waals surface area (Å²) in [5, 5.41) is 3.45. The highest BCUT2D eigenvalue weighted by atomic mass is 16.5. The Hall–Kier alpha value is -0.610. The summed E-state index contributed by atoms with van der Waals surface area (Å²) in [6, 6.07) is 0.402. The predicted octanol–water partition coefficient (Wildman–Crippen LogP) is 1.55. The van der Waals surface area contributed by atoms with E-state index in [1.165, 1.54) is 12.8 Å². The third-order valence-electron chi connectivity index (χ3n) is 3.97. The van der Waals surface area contributed by atoms with Crippen LogP contribution in [0.4, 0.5) is 0 Å². The van der Waals surface area contributed by atoms with Crippen molar-refractivity contribution in [1.29, 1.82) is 0 Å². The molecule has 2 aliphatic rings. The van der Waals surface area contributed by atoms with Gasteiger partial charge in [-0.1, -0.05) is 6.42 Å². The average Bonchev–Trinajstić information content (AvgIpc) is 2.40. The number of piperidine rings is 2. The normalized spacial score (nSPS) is 29.3. The van der Waals surface area contributed by atoms with E-state index in [4.69, 9.17) is 4.74 Å². The van der Waals surface area contributed by atoms with Crippen molar-refractivity contribution < 1.29 is 9.53 Å². The van der Waals surface area contributed by atoms with E-state index in [-0.39, 0.29) is 6.10 Å². The second-order valence-corrected chi connectivity index (χ2v) is 5.41. The average molecular weight is 254 g/mol. The first-order valence-electron chi connectivity index (χ1n) is 7.42. The van der Waals surface area contributed by atoms with Crippen LogP contribution >= 0.6 is 0 Å². The Morgan fingerprint density at radius 1 is 1.33 bits per heavy atom. The molecule has 1 amide bonds. The molecule has 2 atom stereocenters. The Morgan fingerprint density at radius 3 is 2.94 bits per heavy atom. The Bertz CT molecular complexity index is 263. The molecule has 0 aliphatic carbocycles. The molecular weight excluding hydrogens is 228 g/mol. The van der Waals surface area contributed by atoms with Gasteiger partial charge < -0.3 is 15.0 Å². The minimum atomic E-state index is 0.256. The summed E-state index contributed by atoms with van der Waals surface area (Å²) < 4.78 is 5.64. The van der Waals surface area contributed by atoms with Gasteiger partial charge in [0.2, 0.25) is 5.91 Å². The molecule has 2 rings (SSSR count). The number of amides is 1. The Labute approximate surface area is 110 Å². The Morgan fingerprint density at radius 2 is 2.22 bits per heavy atom. The minimum absolute atomic E-state index is 0.256. The number of ether oxygens (including phenoxy) is 1. The molecule has 0 spiro atoms. The molecule has 0 radical (unpaired) electrons. The van der Waals surface area contributed by atoms with E-state index in [0.717, 1.165) is 45.5 Å². The molecule has 2 fully saturated rings. The number of nitrogens with zero attached hydrogens (tertiary/aromatic N) is 1.